The third-order valence-electron chi connectivity index (χ3n) is 9.33. The first-order chi connectivity index (χ1) is 22.8. The van der Waals surface area contributed by atoms with E-state index in [1.165, 1.54) is 38.1 Å². The maximum absolute atomic E-state index is 15.9. The molecule has 7 nitrogen and oxygen atoms in total. The van der Waals surface area contributed by atoms with Gasteiger partial charge in [0.1, 0.15) is 29.4 Å². The fourth-order valence-electron chi connectivity index (χ4n) is 6.70. The molecule has 0 radical (unpaired) electrons. The quantitative estimate of drug-likeness (QED) is 0.138. The van der Waals surface area contributed by atoms with Crippen molar-refractivity contribution in [2.45, 2.75) is 51.5 Å². The van der Waals surface area contributed by atoms with Crippen LogP contribution in [0.5, 0.6) is 11.5 Å². The smallest absolute Gasteiger partial charge is 0.278 e. The van der Waals surface area contributed by atoms with Crippen molar-refractivity contribution >= 4 is 34.7 Å². The molecular formula is C36H30ClF4N3O4. The first-order valence-electron chi connectivity index (χ1n) is 15.4. The highest BCUT2D eigenvalue weighted by Gasteiger charge is 2.48. The van der Waals surface area contributed by atoms with Crippen LogP contribution in [0.4, 0.5) is 28.9 Å². The van der Waals surface area contributed by atoms with Gasteiger partial charge in [-0.2, -0.15) is 0 Å². The number of fused-ring (bicyclic) bond motifs is 2. The van der Waals surface area contributed by atoms with E-state index in [1.54, 1.807) is 29.2 Å². The van der Waals surface area contributed by atoms with Gasteiger partial charge in [0.25, 0.3) is 5.79 Å². The zero-order valence-electron chi connectivity index (χ0n) is 25.9. The number of hydrogen-bond donors (Lipinski definition) is 2. The first kappa shape index (κ1) is 31.8. The van der Waals surface area contributed by atoms with Gasteiger partial charge in [0, 0.05) is 48.0 Å². The third kappa shape index (κ3) is 5.59. The van der Waals surface area contributed by atoms with Crippen LogP contribution in [0, 0.1) is 28.7 Å². The minimum atomic E-state index is -1.57. The highest BCUT2D eigenvalue weighted by atomic mass is 35.5. The molecule has 248 valence electrons. The van der Waals surface area contributed by atoms with Gasteiger partial charge in [0.05, 0.1) is 16.9 Å². The summed E-state index contributed by atoms with van der Waals surface area (Å²) in [5.74, 6) is -4.97. The molecule has 2 aliphatic heterocycles. The SMILES string of the molecule is CC(=O)c1cc(F)c2c(c1)N(CC1(CC(N)=O)CC1)C(Cc1c(F)cc(-c3cccc4c3OC(C)(c3ccc(Cl)cc3F)O4)cc1F)N2. The van der Waals surface area contributed by atoms with Crippen LogP contribution >= 0.6 is 11.6 Å². The van der Waals surface area contributed by atoms with Gasteiger partial charge in [-0.1, -0.05) is 23.7 Å². The van der Waals surface area contributed by atoms with Crippen molar-refractivity contribution in [1.82, 2.24) is 0 Å². The number of ether oxygens (including phenoxy) is 2. The Morgan fingerprint density at radius 1 is 0.979 bits per heavy atom. The molecule has 7 rings (SSSR count). The number of ketones is 1. The Bertz CT molecular complexity index is 2000. The van der Waals surface area contributed by atoms with Gasteiger partial charge < -0.3 is 25.4 Å². The molecule has 0 spiro atoms. The summed E-state index contributed by atoms with van der Waals surface area (Å²) in [5, 5.41) is 3.25. The molecule has 1 aliphatic carbocycles. The number of amides is 1. The van der Waals surface area contributed by atoms with Crippen molar-refractivity contribution in [3.63, 3.8) is 0 Å². The monoisotopic (exact) mass is 679 g/mol. The van der Waals surface area contributed by atoms with E-state index >= 15 is 13.2 Å². The van der Waals surface area contributed by atoms with E-state index < -0.39 is 46.5 Å². The number of halogens is 5. The van der Waals surface area contributed by atoms with E-state index in [0.717, 1.165) is 12.1 Å². The summed E-state index contributed by atoms with van der Waals surface area (Å²) in [6, 6.07) is 14.0. The van der Waals surface area contributed by atoms with Crippen LogP contribution in [-0.4, -0.2) is 24.4 Å². The second kappa shape index (κ2) is 11.4. The molecule has 0 bridgehead atoms. The Balaban J connectivity index is 1.20. The lowest BCUT2D eigenvalue weighted by Crippen LogP contribution is -2.42. The van der Waals surface area contributed by atoms with Crippen LogP contribution in [0.15, 0.2) is 60.7 Å². The number of nitrogens with one attached hydrogen (secondary N) is 1. The van der Waals surface area contributed by atoms with E-state index in [4.69, 9.17) is 26.8 Å². The van der Waals surface area contributed by atoms with Crippen LogP contribution in [-0.2, 0) is 17.0 Å². The van der Waals surface area contributed by atoms with E-state index in [2.05, 4.69) is 5.32 Å². The first-order valence-corrected chi connectivity index (χ1v) is 15.7. The zero-order valence-corrected chi connectivity index (χ0v) is 26.7. The molecule has 0 aromatic heterocycles. The van der Waals surface area contributed by atoms with Gasteiger partial charge in [-0.25, -0.2) is 17.6 Å². The summed E-state index contributed by atoms with van der Waals surface area (Å²) in [6.07, 6.45) is 0.503. The minimum Gasteiger partial charge on any atom is -0.444 e. The Hall–Kier alpha value is -4.77. The molecule has 12 heteroatoms. The van der Waals surface area contributed by atoms with Gasteiger partial charge in [0.15, 0.2) is 17.3 Å². The number of carbonyl (C=O) groups is 2. The standard InChI is InChI=1S/C36H30ClF4N3O4/c1-18(45)19-10-28(41)33-29(13-19)44(17-36(8-9-36)16-31(42)46)32(43-33)15-23-25(38)11-20(12-26(23)39)22-4-3-5-30-34(22)48-35(2,47-30)24-7-6-21(37)14-27(24)40/h3-7,10-14,32,43H,8-9,15-17H2,1-2H3,(H2,42,46). The lowest BCUT2D eigenvalue weighted by molar-refractivity contribution is -0.119. The Morgan fingerprint density at radius 3 is 2.35 bits per heavy atom. The van der Waals surface area contributed by atoms with Crippen LogP contribution in [0.3, 0.4) is 0 Å². The molecule has 2 atom stereocenters. The zero-order chi connectivity index (χ0) is 34.1. The number of carbonyl (C=O) groups excluding carboxylic acids is 2. The number of rotatable bonds is 9. The summed E-state index contributed by atoms with van der Waals surface area (Å²) in [4.78, 5) is 25.8. The van der Waals surface area contributed by atoms with Gasteiger partial charge in [-0.3, -0.25) is 9.59 Å². The van der Waals surface area contributed by atoms with E-state index in [1.807, 2.05) is 0 Å². The lowest BCUT2D eigenvalue weighted by Gasteiger charge is -2.31. The molecule has 1 amide bonds. The lowest BCUT2D eigenvalue weighted by atomic mass is 9.98. The molecule has 2 unspecified atom stereocenters. The fourth-order valence-corrected chi connectivity index (χ4v) is 6.86. The van der Waals surface area contributed by atoms with Crippen LogP contribution < -0.4 is 25.4 Å². The fraction of sp³-hybridized carbons (Fsp3) is 0.278. The van der Waals surface area contributed by atoms with Crippen molar-refractivity contribution in [2.75, 3.05) is 16.8 Å². The molecule has 4 aromatic rings. The summed E-state index contributed by atoms with van der Waals surface area (Å²) in [6.45, 7) is 3.12. The number of anilines is 2. The van der Waals surface area contributed by atoms with E-state index in [0.29, 0.717) is 24.1 Å². The van der Waals surface area contributed by atoms with Crippen molar-refractivity contribution in [3.05, 3.63) is 106 Å². The van der Waals surface area contributed by atoms with Crippen LogP contribution in [0.2, 0.25) is 5.02 Å². The van der Waals surface area contributed by atoms with Gasteiger partial charge in [0.2, 0.25) is 5.91 Å². The van der Waals surface area contributed by atoms with E-state index in [9.17, 15) is 14.0 Å². The van der Waals surface area contributed by atoms with Gasteiger partial charge >= 0.3 is 0 Å². The van der Waals surface area contributed by atoms with Crippen molar-refractivity contribution < 1.29 is 36.6 Å². The Kier molecular flexibility index (Phi) is 7.58. The van der Waals surface area contributed by atoms with Gasteiger partial charge in [-0.05, 0) is 79.3 Å². The molecular weight excluding hydrogens is 650 g/mol. The highest BCUT2D eigenvalue weighted by Crippen LogP contribution is 2.53. The van der Waals surface area contributed by atoms with Crippen LogP contribution in [0.25, 0.3) is 11.1 Å². The summed E-state index contributed by atoms with van der Waals surface area (Å²) in [7, 11) is 0. The number of hydrogen-bond acceptors (Lipinski definition) is 6. The van der Waals surface area contributed by atoms with E-state index in [-0.39, 0.29) is 69.6 Å². The molecule has 4 aromatic carbocycles. The molecule has 48 heavy (non-hydrogen) atoms. The largest absolute Gasteiger partial charge is 0.444 e. The number of primary amides is 1. The predicted molar refractivity (Wildman–Crippen MR) is 172 cm³/mol. The predicted octanol–water partition coefficient (Wildman–Crippen LogP) is 7.87. The van der Waals surface area contributed by atoms with Gasteiger partial charge in [-0.15, -0.1) is 0 Å². The topological polar surface area (TPSA) is 93.9 Å². The molecule has 3 aliphatic rings. The highest BCUT2D eigenvalue weighted by molar-refractivity contribution is 6.30. The third-order valence-corrected chi connectivity index (χ3v) is 9.57. The normalized spacial score (nSPS) is 20.0. The number of para-hydroxylation sites is 1. The molecule has 1 saturated carbocycles. The average molecular weight is 680 g/mol. The number of Topliss-reactive ketones (excluding diaryl/α,β-unsaturated/α-hetero) is 1. The Labute approximate surface area is 278 Å². The molecule has 1 fully saturated rings. The van der Waals surface area contributed by atoms with Crippen LogP contribution in [0.1, 0.15) is 54.6 Å². The second-order valence-electron chi connectivity index (χ2n) is 12.9. The number of nitrogens with zero attached hydrogens (tertiary/aromatic N) is 1. The average Bonchev–Trinajstić information content (AvgIpc) is 3.52. The summed E-state index contributed by atoms with van der Waals surface area (Å²) < 4.78 is 74.1. The van der Waals surface area contributed by atoms with Crippen molar-refractivity contribution in [1.29, 1.82) is 0 Å². The maximum atomic E-state index is 15.9. The second-order valence-corrected chi connectivity index (χ2v) is 13.3. The number of benzene rings is 4. The van der Waals surface area contributed by atoms with Crippen molar-refractivity contribution in [2.24, 2.45) is 11.1 Å². The summed E-state index contributed by atoms with van der Waals surface area (Å²) >= 11 is 5.92. The summed E-state index contributed by atoms with van der Waals surface area (Å²) in [5.41, 5.74) is 5.99. The van der Waals surface area contributed by atoms with Crippen molar-refractivity contribution in [3.8, 4) is 22.6 Å². The molecule has 2 heterocycles. The maximum Gasteiger partial charge on any atom is 0.278 e. The molecule has 0 saturated heterocycles. The Morgan fingerprint density at radius 2 is 1.71 bits per heavy atom. The minimum absolute atomic E-state index is 0.0899. The number of nitrogens with two attached hydrogens (primary N) is 1. The molecule has 3 N–H and O–H groups in total.